The fourth-order valence-electron chi connectivity index (χ4n) is 5.31. The predicted molar refractivity (Wildman–Crippen MR) is 105 cm³/mol. The summed E-state index contributed by atoms with van der Waals surface area (Å²) in [5.41, 5.74) is 0.601. The van der Waals surface area contributed by atoms with Crippen LogP contribution in [0, 0.1) is 17.2 Å². The summed E-state index contributed by atoms with van der Waals surface area (Å²) in [6.45, 7) is 9.59. The van der Waals surface area contributed by atoms with Gasteiger partial charge in [-0.25, -0.2) is 9.18 Å². The Morgan fingerprint density at radius 2 is 1.93 bits per heavy atom. The molecule has 1 aromatic rings. The molecule has 2 amide bonds. The second-order valence-corrected chi connectivity index (χ2v) is 8.86. The van der Waals surface area contributed by atoms with Crippen LogP contribution in [0.5, 0.6) is 0 Å². The van der Waals surface area contributed by atoms with Crippen LogP contribution in [0.2, 0.25) is 0 Å². The summed E-state index contributed by atoms with van der Waals surface area (Å²) in [6.07, 6.45) is 3.33. The molecule has 1 aromatic carbocycles. The molecule has 1 aliphatic carbocycles. The third kappa shape index (κ3) is 3.35. The number of carbonyl (C=O) groups excluding carboxylic acids is 1. The van der Waals surface area contributed by atoms with Gasteiger partial charge in [0.15, 0.2) is 0 Å². The Morgan fingerprint density at radius 3 is 2.52 bits per heavy atom. The largest absolute Gasteiger partial charge is 0.392 e. The molecule has 27 heavy (non-hydrogen) atoms. The standard InChI is InChI=1S/C22H33FN2O2/c1-5-22(6-2,15-9-11-16(23)12-10-15)14-24-20(27)25-13-7-8-17-18(25)21(3,4)19(17)26/h9-12,17-19,26H,5-8,13-14H2,1-4H3,(H,24,27)/t17-,18+,19-/m0/s1. The van der Waals surface area contributed by atoms with E-state index < -0.39 is 0 Å². The van der Waals surface area contributed by atoms with Gasteiger partial charge in [-0.05, 0) is 43.4 Å². The highest BCUT2D eigenvalue weighted by Crippen LogP contribution is 2.52. The van der Waals surface area contributed by atoms with Crippen LogP contribution >= 0.6 is 0 Å². The molecule has 1 heterocycles. The van der Waals surface area contributed by atoms with Crippen LogP contribution in [-0.2, 0) is 5.41 Å². The zero-order valence-electron chi connectivity index (χ0n) is 17.0. The fraction of sp³-hybridized carbons (Fsp3) is 0.682. The number of hydrogen-bond acceptors (Lipinski definition) is 2. The summed E-state index contributed by atoms with van der Waals surface area (Å²) in [7, 11) is 0. The van der Waals surface area contributed by atoms with Crippen molar-refractivity contribution in [3.8, 4) is 0 Å². The number of nitrogens with one attached hydrogen (secondary N) is 1. The number of hydrogen-bond donors (Lipinski definition) is 2. The molecule has 3 rings (SSSR count). The summed E-state index contributed by atoms with van der Waals surface area (Å²) in [5.74, 6) is -0.0484. The number of carbonyl (C=O) groups is 1. The van der Waals surface area contributed by atoms with Crippen LogP contribution < -0.4 is 5.32 Å². The first kappa shape index (κ1) is 20.1. The summed E-state index contributed by atoms with van der Waals surface area (Å²) in [4.78, 5) is 15.0. The lowest BCUT2D eigenvalue weighted by atomic mass is 9.54. The Bertz CT molecular complexity index is 669. The maximum atomic E-state index is 13.3. The van der Waals surface area contributed by atoms with Crippen LogP contribution in [0.4, 0.5) is 9.18 Å². The van der Waals surface area contributed by atoms with Crippen molar-refractivity contribution in [2.24, 2.45) is 11.3 Å². The van der Waals surface area contributed by atoms with Gasteiger partial charge in [0, 0.05) is 35.9 Å². The molecular formula is C22H33FN2O2. The molecule has 4 nitrogen and oxygen atoms in total. The number of piperidine rings is 1. The first-order valence-electron chi connectivity index (χ1n) is 10.3. The Labute approximate surface area is 162 Å². The highest BCUT2D eigenvalue weighted by Gasteiger charge is 2.60. The van der Waals surface area contributed by atoms with Gasteiger partial charge in [0.05, 0.1) is 6.10 Å². The van der Waals surface area contributed by atoms with Gasteiger partial charge in [0.2, 0.25) is 0 Å². The number of halogens is 1. The molecular weight excluding hydrogens is 343 g/mol. The molecule has 0 aromatic heterocycles. The highest BCUT2D eigenvalue weighted by molar-refractivity contribution is 5.75. The van der Waals surface area contributed by atoms with E-state index in [0.717, 1.165) is 37.8 Å². The van der Waals surface area contributed by atoms with Crippen molar-refractivity contribution < 1.29 is 14.3 Å². The molecule has 2 aliphatic rings. The van der Waals surface area contributed by atoms with Gasteiger partial charge in [-0.15, -0.1) is 0 Å². The van der Waals surface area contributed by atoms with Gasteiger partial charge in [-0.3, -0.25) is 0 Å². The monoisotopic (exact) mass is 376 g/mol. The Kier molecular flexibility index (Phi) is 5.53. The molecule has 5 heteroatoms. The average molecular weight is 377 g/mol. The van der Waals surface area contributed by atoms with Crippen molar-refractivity contribution in [2.75, 3.05) is 13.1 Å². The Balaban J connectivity index is 1.72. The minimum absolute atomic E-state index is 0.0435. The third-order valence-corrected chi connectivity index (χ3v) is 7.26. The van der Waals surface area contributed by atoms with Crippen molar-refractivity contribution in [1.29, 1.82) is 0 Å². The van der Waals surface area contributed by atoms with Crippen LogP contribution in [0.25, 0.3) is 0 Å². The SMILES string of the molecule is CCC(CC)(CNC(=O)N1CCC[C@@H]2[C@H](O)C(C)(C)[C@@H]21)c1ccc(F)cc1. The van der Waals surface area contributed by atoms with Crippen LogP contribution in [0.1, 0.15) is 58.9 Å². The lowest BCUT2D eigenvalue weighted by molar-refractivity contribution is -0.179. The van der Waals surface area contributed by atoms with Crippen molar-refractivity contribution >= 4 is 6.03 Å². The first-order chi connectivity index (χ1) is 12.8. The maximum Gasteiger partial charge on any atom is 0.317 e. The van der Waals surface area contributed by atoms with E-state index in [9.17, 15) is 14.3 Å². The van der Waals surface area contributed by atoms with Gasteiger partial charge in [0.25, 0.3) is 0 Å². The number of fused-ring (bicyclic) bond motifs is 1. The summed E-state index contributed by atoms with van der Waals surface area (Å²) in [5, 5.41) is 13.5. The van der Waals surface area contributed by atoms with E-state index in [0.29, 0.717) is 6.54 Å². The van der Waals surface area contributed by atoms with Gasteiger partial charge >= 0.3 is 6.03 Å². The molecule has 2 N–H and O–H groups in total. The van der Waals surface area contributed by atoms with Crippen LogP contribution in [0.15, 0.2) is 24.3 Å². The molecule has 0 bridgehead atoms. The zero-order chi connectivity index (χ0) is 19.8. The Morgan fingerprint density at radius 1 is 1.30 bits per heavy atom. The zero-order valence-corrected chi connectivity index (χ0v) is 17.0. The normalized spacial score (nSPS) is 26.9. The number of benzene rings is 1. The van der Waals surface area contributed by atoms with Gasteiger partial charge in [0.1, 0.15) is 5.82 Å². The number of nitrogens with zero attached hydrogens (tertiary/aromatic N) is 1. The molecule has 1 saturated heterocycles. The summed E-state index contributed by atoms with van der Waals surface area (Å²) < 4.78 is 13.3. The van der Waals surface area contributed by atoms with Gasteiger partial charge in [-0.1, -0.05) is 39.8 Å². The second kappa shape index (κ2) is 7.42. The summed E-state index contributed by atoms with van der Waals surface area (Å²) in [6, 6.07) is 6.70. The molecule has 1 saturated carbocycles. The van der Waals surface area contributed by atoms with E-state index >= 15 is 0 Å². The molecule has 0 radical (unpaired) electrons. The molecule has 1 aliphatic heterocycles. The molecule has 150 valence electrons. The lowest BCUT2D eigenvalue weighted by Crippen LogP contribution is -2.72. The third-order valence-electron chi connectivity index (χ3n) is 7.26. The number of rotatable bonds is 5. The number of urea groups is 1. The van der Waals surface area contributed by atoms with Crippen LogP contribution in [0.3, 0.4) is 0 Å². The topological polar surface area (TPSA) is 52.6 Å². The van der Waals surface area contributed by atoms with Crippen LogP contribution in [-0.4, -0.2) is 41.3 Å². The van der Waals surface area contributed by atoms with Crippen molar-refractivity contribution in [2.45, 2.75) is 70.9 Å². The number of aliphatic hydroxyl groups is 1. The molecule has 2 fully saturated rings. The number of aliphatic hydroxyl groups excluding tert-OH is 1. The minimum Gasteiger partial charge on any atom is -0.392 e. The van der Waals surface area contributed by atoms with Crippen molar-refractivity contribution in [3.05, 3.63) is 35.6 Å². The first-order valence-corrected chi connectivity index (χ1v) is 10.3. The van der Waals surface area contributed by atoms with E-state index in [2.05, 4.69) is 19.2 Å². The van der Waals surface area contributed by atoms with Crippen molar-refractivity contribution in [1.82, 2.24) is 10.2 Å². The van der Waals surface area contributed by atoms with E-state index in [1.807, 2.05) is 30.9 Å². The van der Waals surface area contributed by atoms with Gasteiger partial charge < -0.3 is 15.3 Å². The average Bonchev–Trinajstić information content (AvgIpc) is 2.69. The Hall–Kier alpha value is -1.62. The molecule has 0 spiro atoms. The number of likely N-dealkylation sites (tertiary alicyclic amines) is 1. The molecule has 0 unspecified atom stereocenters. The number of amides is 2. The summed E-state index contributed by atoms with van der Waals surface area (Å²) >= 11 is 0. The van der Waals surface area contributed by atoms with E-state index in [-0.39, 0.29) is 40.7 Å². The molecule has 3 atom stereocenters. The van der Waals surface area contributed by atoms with Gasteiger partial charge in [-0.2, -0.15) is 0 Å². The minimum atomic E-state index is -0.331. The quantitative estimate of drug-likeness (QED) is 0.814. The highest BCUT2D eigenvalue weighted by atomic mass is 19.1. The van der Waals surface area contributed by atoms with E-state index in [4.69, 9.17) is 0 Å². The van der Waals surface area contributed by atoms with E-state index in [1.54, 1.807) is 0 Å². The fourth-order valence-corrected chi connectivity index (χ4v) is 5.31. The van der Waals surface area contributed by atoms with E-state index in [1.165, 1.54) is 12.1 Å². The smallest absolute Gasteiger partial charge is 0.317 e. The lowest BCUT2D eigenvalue weighted by Gasteiger charge is -2.62. The maximum absolute atomic E-state index is 13.3. The van der Waals surface area contributed by atoms with Crippen molar-refractivity contribution in [3.63, 3.8) is 0 Å². The second-order valence-electron chi connectivity index (χ2n) is 8.86. The predicted octanol–water partition coefficient (Wildman–Crippen LogP) is 4.07.